The van der Waals surface area contributed by atoms with Gasteiger partial charge in [0.2, 0.25) is 0 Å². The lowest BCUT2D eigenvalue weighted by Crippen LogP contribution is -2.35. The molecule has 1 amide bonds. The van der Waals surface area contributed by atoms with Crippen LogP contribution in [0.25, 0.3) is 0 Å². The maximum absolute atomic E-state index is 12.9. The highest BCUT2D eigenvalue weighted by Gasteiger charge is 2.35. The molecule has 2 atom stereocenters. The molecule has 0 spiro atoms. The summed E-state index contributed by atoms with van der Waals surface area (Å²) in [6.07, 6.45) is 3.25. The van der Waals surface area contributed by atoms with Crippen LogP contribution in [-0.4, -0.2) is 42.1 Å². The maximum atomic E-state index is 12.9. The van der Waals surface area contributed by atoms with E-state index < -0.39 is 6.09 Å². The summed E-state index contributed by atoms with van der Waals surface area (Å²) in [5, 5.41) is 0. The molecule has 1 heterocycles. The van der Waals surface area contributed by atoms with Gasteiger partial charge in [0.1, 0.15) is 13.2 Å². The molecule has 1 fully saturated rings. The second-order valence-corrected chi connectivity index (χ2v) is 8.72. The van der Waals surface area contributed by atoms with E-state index in [1.165, 1.54) is 6.08 Å². The van der Waals surface area contributed by atoms with E-state index in [1.54, 1.807) is 11.0 Å². The lowest BCUT2D eigenvalue weighted by Gasteiger charge is -2.21. The van der Waals surface area contributed by atoms with Crippen LogP contribution in [0.15, 0.2) is 103 Å². The normalized spacial score (nSPS) is 17.4. The van der Waals surface area contributed by atoms with E-state index in [0.29, 0.717) is 26.2 Å². The zero-order valence-electron chi connectivity index (χ0n) is 20.2. The van der Waals surface area contributed by atoms with Gasteiger partial charge in [-0.15, -0.1) is 0 Å². The summed E-state index contributed by atoms with van der Waals surface area (Å²) in [6.45, 7) is 1.39. The van der Waals surface area contributed by atoms with E-state index >= 15 is 0 Å². The minimum Gasteiger partial charge on any atom is -0.445 e. The van der Waals surface area contributed by atoms with Gasteiger partial charge in [-0.05, 0) is 29.2 Å². The molecular formula is C30H31NO5. The van der Waals surface area contributed by atoms with Crippen LogP contribution in [0.5, 0.6) is 0 Å². The number of carbonyl (C=O) groups is 2. The zero-order chi connectivity index (χ0) is 25.0. The Bertz CT molecular complexity index is 1120. The van der Waals surface area contributed by atoms with Gasteiger partial charge in [0, 0.05) is 0 Å². The smallest absolute Gasteiger partial charge is 0.410 e. The number of likely N-dealkylation sites (tertiary alicyclic amines) is 1. The summed E-state index contributed by atoms with van der Waals surface area (Å²) in [5.41, 5.74) is 3.00. The predicted octanol–water partition coefficient (Wildman–Crippen LogP) is 5.33. The molecule has 36 heavy (non-hydrogen) atoms. The highest BCUT2D eigenvalue weighted by molar-refractivity contribution is 5.90. The predicted molar refractivity (Wildman–Crippen MR) is 137 cm³/mol. The van der Waals surface area contributed by atoms with Gasteiger partial charge in [0.05, 0.1) is 31.9 Å². The van der Waals surface area contributed by atoms with E-state index in [0.717, 1.165) is 16.7 Å². The summed E-state index contributed by atoms with van der Waals surface area (Å²) >= 11 is 0. The molecule has 0 aromatic heterocycles. The van der Waals surface area contributed by atoms with Crippen molar-refractivity contribution in [3.63, 3.8) is 0 Å². The van der Waals surface area contributed by atoms with Gasteiger partial charge >= 0.3 is 6.09 Å². The Labute approximate surface area is 212 Å². The Kier molecular flexibility index (Phi) is 9.42. The van der Waals surface area contributed by atoms with Crippen molar-refractivity contribution in [2.75, 3.05) is 13.2 Å². The lowest BCUT2D eigenvalue weighted by molar-refractivity contribution is -0.119. The lowest BCUT2D eigenvalue weighted by atomic mass is 10.1. The van der Waals surface area contributed by atoms with Crippen LogP contribution >= 0.6 is 0 Å². The molecule has 1 saturated heterocycles. The number of amides is 1. The molecule has 0 N–H and O–H groups in total. The minimum atomic E-state index is -0.424. The molecule has 6 nitrogen and oxygen atoms in total. The molecule has 0 radical (unpaired) electrons. The Morgan fingerprint density at radius 3 is 1.94 bits per heavy atom. The highest BCUT2D eigenvalue weighted by Crippen LogP contribution is 2.24. The van der Waals surface area contributed by atoms with Crippen LogP contribution in [0.2, 0.25) is 0 Å². The van der Waals surface area contributed by atoms with E-state index in [4.69, 9.17) is 14.2 Å². The number of benzene rings is 3. The van der Waals surface area contributed by atoms with Crippen molar-refractivity contribution in [3.05, 3.63) is 120 Å². The first kappa shape index (κ1) is 25.4. The number of ketones is 1. The Balaban J connectivity index is 1.33. The van der Waals surface area contributed by atoms with Crippen molar-refractivity contribution in [3.8, 4) is 0 Å². The van der Waals surface area contributed by atoms with Gasteiger partial charge in [-0.25, -0.2) is 4.79 Å². The number of ether oxygens (including phenoxy) is 3. The van der Waals surface area contributed by atoms with Gasteiger partial charge in [-0.2, -0.15) is 0 Å². The molecule has 1 aliphatic rings. The Morgan fingerprint density at radius 2 is 1.33 bits per heavy atom. The number of hydrogen-bond donors (Lipinski definition) is 0. The van der Waals surface area contributed by atoms with Gasteiger partial charge < -0.3 is 14.2 Å². The average Bonchev–Trinajstić information content (AvgIpc) is 3.34. The van der Waals surface area contributed by atoms with Gasteiger partial charge in [0.15, 0.2) is 5.78 Å². The van der Waals surface area contributed by atoms with Crippen molar-refractivity contribution >= 4 is 11.9 Å². The summed E-state index contributed by atoms with van der Waals surface area (Å²) in [4.78, 5) is 27.0. The molecular weight excluding hydrogens is 454 g/mol. The Morgan fingerprint density at radius 1 is 0.778 bits per heavy atom. The van der Waals surface area contributed by atoms with Crippen molar-refractivity contribution < 1.29 is 23.8 Å². The largest absolute Gasteiger partial charge is 0.445 e. The van der Waals surface area contributed by atoms with Gasteiger partial charge in [-0.3, -0.25) is 9.69 Å². The summed E-state index contributed by atoms with van der Waals surface area (Å²) in [6, 6.07) is 28.9. The minimum absolute atomic E-state index is 0.0233. The number of rotatable bonds is 11. The number of nitrogens with zero attached hydrogens (tertiary/aromatic N) is 1. The van der Waals surface area contributed by atoms with Crippen molar-refractivity contribution in [1.29, 1.82) is 0 Å². The first-order chi connectivity index (χ1) is 17.7. The fourth-order valence-corrected chi connectivity index (χ4v) is 4.04. The molecule has 0 bridgehead atoms. The van der Waals surface area contributed by atoms with Crippen LogP contribution in [-0.2, 0) is 38.8 Å². The highest BCUT2D eigenvalue weighted by atomic mass is 16.6. The molecule has 6 heteroatoms. The molecule has 186 valence electrons. The molecule has 4 rings (SSSR count). The van der Waals surface area contributed by atoms with Crippen molar-refractivity contribution in [2.24, 2.45) is 0 Å². The van der Waals surface area contributed by atoms with Crippen LogP contribution in [0, 0.1) is 0 Å². The van der Waals surface area contributed by atoms with Crippen LogP contribution in [0.1, 0.15) is 23.1 Å². The van der Waals surface area contributed by atoms with Crippen LogP contribution < -0.4 is 0 Å². The molecule has 1 aliphatic heterocycles. The molecule has 0 saturated carbocycles. The third-order valence-corrected chi connectivity index (χ3v) is 5.93. The topological polar surface area (TPSA) is 65.1 Å². The second kappa shape index (κ2) is 13.4. The van der Waals surface area contributed by atoms with Gasteiger partial charge in [-0.1, -0.05) is 97.1 Å². The molecule has 0 unspecified atom stereocenters. The van der Waals surface area contributed by atoms with Crippen LogP contribution in [0.4, 0.5) is 4.79 Å². The standard InChI is InChI=1S/C30H31NO5/c32-28(23-34-20-24-10-4-1-5-11-24)17-16-27-18-29(35-21-25-12-6-2-7-13-25)19-31(27)30(33)36-22-26-14-8-3-9-15-26/h1-17,27,29H,18-23H2/b17-16+/t27-,29-/m1/s1. The third-order valence-electron chi connectivity index (χ3n) is 5.93. The third kappa shape index (κ3) is 7.90. The van der Waals surface area contributed by atoms with E-state index in [9.17, 15) is 9.59 Å². The van der Waals surface area contributed by atoms with Crippen molar-refractivity contribution in [1.82, 2.24) is 4.90 Å². The average molecular weight is 486 g/mol. The van der Waals surface area contributed by atoms with Crippen molar-refractivity contribution in [2.45, 2.75) is 38.4 Å². The Hall–Kier alpha value is -3.74. The zero-order valence-corrected chi connectivity index (χ0v) is 20.2. The fraction of sp³-hybridized carbons (Fsp3) is 0.267. The fourth-order valence-electron chi connectivity index (χ4n) is 4.04. The number of carbonyl (C=O) groups excluding carboxylic acids is 2. The number of hydrogen-bond acceptors (Lipinski definition) is 5. The van der Waals surface area contributed by atoms with Gasteiger partial charge in [0.25, 0.3) is 0 Å². The first-order valence-corrected chi connectivity index (χ1v) is 12.1. The summed E-state index contributed by atoms with van der Waals surface area (Å²) in [5.74, 6) is -0.155. The second-order valence-electron chi connectivity index (χ2n) is 8.72. The van der Waals surface area contributed by atoms with E-state index in [1.807, 2.05) is 91.0 Å². The quantitative estimate of drug-likeness (QED) is 0.344. The van der Waals surface area contributed by atoms with E-state index in [2.05, 4.69) is 0 Å². The first-order valence-electron chi connectivity index (χ1n) is 12.1. The summed E-state index contributed by atoms with van der Waals surface area (Å²) < 4.78 is 17.2. The molecule has 3 aromatic rings. The molecule has 0 aliphatic carbocycles. The van der Waals surface area contributed by atoms with E-state index in [-0.39, 0.29) is 31.1 Å². The van der Waals surface area contributed by atoms with Crippen LogP contribution in [0.3, 0.4) is 0 Å². The monoisotopic (exact) mass is 485 g/mol. The molecule has 3 aromatic carbocycles. The summed E-state index contributed by atoms with van der Waals surface area (Å²) in [7, 11) is 0. The SMILES string of the molecule is O=C(/C=C/[C@@H]1C[C@@H](OCc2ccccc2)CN1C(=O)OCc1ccccc1)COCc1ccccc1. The maximum Gasteiger partial charge on any atom is 0.410 e.